The lowest BCUT2D eigenvalue weighted by atomic mass is 9.74. The van der Waals surface area contributed by atoms with Crippen LogP contribution in [0.15, 0.2) is 91.0 Å². The highest BCUT2D eigenvalue weighted by atomic mass is 19.1. The number of hydrogen-bond acceptors (Lipinski definition) is 1. The molecule has 0 N–H and O–H groups in total. The summed E-state index contributed by atoms with van der Waals surface area (Å²) < 4.78 is 29.8. The van der Waals surface area contributed by atoms with Crippen LogP contribution in [0.5, 0.6) is 0 Å². The molecule has 0 atom stereocenters. The lowest BCUT2D eigenvalue weighted by molar-refractivity contribution is 0.584. The van der Waals surface area contributed by atoms with Crippen LogP contribution in [0.25, 0.3) is 21.9 Å². The molecule has 5 aromatic carbocycles. The van der Waals surface area contributed by atoms with Gasteiger partial charge in [0, 0.05) is 28.0 Å². The van der Waals surface area contributed by atoms with Crippen LogP contribution in [0.3, 0.4) is 0 Å². The topological polar surface area (TPSA) is 3.24 Å². The Labute approximate surface area is 240 Å². The number of anilines is 3. The van der Waals surface area contributed by atoms with Crippen molar-refractivity contribution < 1.29 is 8.78 Å². The molecule has 1 nitrogen and oxygen atoms in total. The third-order valence-electron chi connectivity index (χ3n) is 9.30. The second kappa shape index (κ2) is 8.63. The minimum absolute atomic E-state index is 0.158. The molecule has 204 valence electrons. The highest BCUT2D eigenvalue weighted by molar-refractivity contribution is 6.17. The molecule has 0 amide bonds. The molecule has 0 radical (unpaired) electrons. The molecule has 0 aliphatic heterocycles. The lowest BCUT2D eigenvalue weighted by Gasteiger charge is -2.33. The molecule has 0 aromatic heterocycles. The van der Waals surface area contributed by atoms with Gasteiger partial charge in [-0.1, -0.05) is 93.9 Å². The Hall–Kier alpha value is -4.24. The van der Waals surface area contributed by atoms with Crippen molar-refractivity contribution in [1.82, 2.24) is 0 Å². The van der Waals surface area contributed by atoms with Crippen LogP contribution in [0.2, 0.25) is 0 Å². The quantitative estimate of drug-likeness (QED) is 0.220. The predicted molar refractivity (Wildman–Crippen MR) is 167 cm³/mol. The number of fused-ring (bicyclic) bond motifs is 6. The smallest absolute Gasteiger partial charge is 0.150 e. The summed E-state index contributed by atoms with van der Waals surface area (Å²) in [5.41, 5.74) is 11.8. The van der Waals surface area contributed by atoms with Crippen LogP contribution in [0.1, 0.15) is 61.1 Å². The average Bonchev–Trinajstić information content (AvgIpc) is 3.32. The molecule has 0 saturated carbocycles. The molecular weight excluding hydrogens is 508 g/mol. The first-order valence-electron chi connectivity index (χ1n) is 14.3. The van der Waals surface area contributed by atoms with Gasteiger partial charge >= 0.3 is 0 Å². The Morgan fingerprint density at radius 3 is 1.98 bits per heavy atom. The van der Waals surface area contributed by atoms with Crippen LogP contribution >= 0.6 is 0 Å². The number of halogens is 2. The molecule has 0 unspecified atom stereocenters. The summed E-state index contributed by atoms with van der Waals surface area (Å²) in [6, 6.07) is 29.6. The lowest BCUT2D eigenvalue weighted by Crippen LogP contribution is -2.21. The largest absolute Gasteiger partial charge is 0.307 e. The van der Waals surface area contributed by atoms with E-state index in [1.54, 1.807) is 6.07 Å². The predicted octanol–water partition coefficient (Wildman–Crippen LogP) is 10.7. The van der Waals surface area contributed by atoms with E-state index in [0.29, 0.717) is 5.69 Å². The zero-order chi connectivity index (χ0) is 28.8. The first-order chi connectivity index (χ1) is 19.5. The van der Waals surface area contributed by atoms with E-state index in [1.165, 1.54) is 39.5 Å². The molecule has 2 aliphatic carbocycles. The molecular formula is C38H33F2N. The number of benzene rings is 5. The minimum atomic E-state index is -0.593. The van der Waals surface area contributed by atoms with Crippen molar-refractivity contribution in [2.75, 3.05) is 4.90 Å². The Bertz CT molecular complexity index is 1890. The zero-order valence-electron chi connectivity index (χ0n) is 24.4. The van der Waals surface area contributed by atoms with Gasteiger partial charge in [-0.25, -0.2) is 8.78 Å². The van der Waals surface area contributed by atoms with E-state index in [-0.39, 0.29) is 10.8 Å². The number of aryl methyl sites for hydroxylation is 2. The van der Waals surface area contributed by atoms with E-state index in [4.69, 9.17) is 0 Å². The first-order valence-corrected chi connectivity index (χ1v) is 14.3. The van der Waals surface area contributed by atoms with Crippen molar-refractivity contribution in [3.05, 3.63) is 136 Å². The van der Waals surface area contributed by atoms with Crippen molar-refractivity contribution in [3.8, 4) is 0 Å². The van der Waals surface area contributed by atoms with Crippen LogP contribution in [-0.4, -0.2) is 0 Å². The van der Waals surface area contributed by atoms with Crippen molar-refractivity contribution in [3.63, 3.8) is 0 Å². The molecule has 0 heterocycles. The van der Waals surface area contributed by atoms with E-state index in [1.807, 2.05) is 30.0 Å². The third kappa shape index (κ3) is 3.51. The minimum Gasteiger partial charge on any atom is -0.307 e. The van der Waals surface area contributed by atoms with Gasteiger partial charge in [0.15, 0.2) is 0 Å². The molecule has 0 spiro atoms. The summed E-state index contributed by atoms with van der Waals surface area (Å²) in [6.07, 6.45) is 0. The second-order valence-corrected chi connectivity index (χ2v) is 12.6. The SMILES string of the molecule is Cc1ccc(N(c2ccc(F)cc2F)c2cc3c(c4ccccc24)C2=C(c4ccccc4C2(C)C)C3(C)C)c(C)c1. The molecule has 3 heteroatoms. The maximum atomic E-state index is 15.7. The fourth-order valence-electron chi connectivity index (χ4n) is 7.46. The molecule has 41 heavy (non-hydrogen) atoms. The van der Waals surface area contributed by atoms with E-state index >= 15 is 4.39 Å². The van der Waals surface area contributed by atoms with Gasteiger partial charge in [-0.15, -0.1) is 0 Å². The van der Waals surface area contributed by atoms with Crippen LogP contribution in [0.4, 0.5) is 25.8 Å². The molecule has 0 saturated heterocycles. The number of rotatable bonds is 3. The Kier molecular flexibility index (Phi) is 5.41. The van der Waals surface area contributed by atoms with Gasteiger partial charge in [0.2, 0.25) is 0 Å². The van der Waals surface area contributed by atoms with E-state index < -0.39 is 11.6 Å². The number of hydrogen-bond donors (Lipinski definition) is 0. The van der Waals surface area contributed by atoms with E-state index in [9.17, 15) is 4.39 Å². The van der Waals surface area contributed by atoms with Crippen LogP contribution in [0, 0.1) is 25.5 Å². The molecule has 0 fully saturated rings. The summed E-state index contributed by atoms with van der Waals surface area (Å²) in [5.74, 6) is -1.18. The summed E-state index contributed by atoms with van der Waals surface area (Å²) >= 11 is 0. The summed E-state index contributed by atoms with van der Waals surface area (Å²) in [7, 11) is 0. The third-order valence-corrected chi connectivity index (χ3v) is 9.30. The number of allylic oxidation sites excluding steroid dienone is 2. The molecule has 2 aliphatic rings. The monoisotopic (exact) mass is 541 g/mol. The van der Waals surface area contributed by atoms with Crippen molar-refractivity contribution >= 4 is 39.0 Å². The average molecular weight is 542 g/mol. The second-order valence-electron chi connectivity index (χ2n) is 12.6. The Morgan fingerprint density at radius 2 is 1.24 bits per heavy atom. The zero-order valence-corrected chi connectivity index (χ0v) is 24.4. The van der Waals surface area contributed by atoms with Crippen molar-refractivity contribution in [2.45, 2.75) is 52.4 Å². The van der Waals surface area contributed by atoms with Gasteiger partial charge < -0.3 is 4.90 Å². The molecule has 5 aromatic rings. The maximum absolute atomic E-state index is 15.7. The van der Waals surface area contributed by atoms with Gasteiger partial charge in [-0.3, -0.25) is 0 Å². The fraction of sp³-hybridized carbons (Fsp3) is 0.211. The molecule has 7 rings (SSSR count). The Balaban J connectivity index is 1.58. The van der Waals surface area contributed by atoms with Gasteiger partial charge in [0.1, 0.15) is 11.6 Å². The summed E-state index contributed by atoms with van der Waals surface area (Å²) in [5, 5.41) is 2.18. The van der Waals surface area contributed by atoms with Gasteiger partial charge in [-0.2, -0.15) is 0 Å². The van der Waals surface area contributed by atoms with Crippen LogP contribution in [-0.2, 0) is 10.8 Å². The van der Waals surface area contributed by atoms with E-state index in [2.05, 4.69) is 89.2 Å². The standard InChI is InChI=1S/C38H33F2N/c1-22-15-17-31(23(2)19-22)41(32-18-16-24(39)20-30(32)40)33-21-29-34(26-12-8-7-11-25(26)33)36-35(38(29,5)6)27-13-9-10-14-28(27)37(36,3)4/h7-21H,1-6H3. The number of nitrogens with zero attached hydrogens (tertiary/aromatic N) is 1. The van der Waals surface area contributed by atoms with Crippen molar-refractivity contribution in [2.24, 2.45) is 0 Å². The maximum Gasteiger partial charge on any atom is 0.150 e. The van der Waals surface area contributed by atoms with Crippen molar-refractivity contribution in [1.29, 1.82) is 0 Å². The Morgan fingerprint density at radius 1 is 0.585 bits per heavy atom. The molecule has 0 bridgehead atoms. The van der Waals surface area contributed by atoms with Gasteiger partial charge in [0.25, 0.3) is 0 Å². The normalized spacial score (nSPS) is 16.1. The highest BCUT2D eigenvalue weighted by Gasteiger charge is 2.50. The summed E-state index contributed by atoms with van der Waals surface area (Å²) in [6.45, 7) is 13.4. The van der Waals surface area contributed by atoms with Gasteiger partial charge in [-0.05, 0) is 82.5 Å². The van der Waals surface area contributed by atoms with E-state index in [0.717, 1.165) is 39.3 Å². The summed E-state index contributed by atoms with van der Waals surface area (Å²) in [4.78, 5) is 1.98. The van der Waals surface area contributed by atoms with Crippen LogP contribution < -0.4 is 4.90 Å². The highest BCUT2D eigenvalue weighted by Crippen LogP contribution is 2.64. The van der Waals surface area contributed by atoms with Gasteiger partial charge in [0.05, 0.1) is 11.4 Å². The first kappa shape index (κ1) is 25.7. The fourth-order valence-corrected chi connectivity index (χ4v) is 7.46.